The molecule has 0 aromatic carbocycles. The first-order chi connectivity index (χ1) is 6.70. The van der Waals surface area contributed by atoms with Crippen molar-refractivity contribution in [2.75, 3.05) is 26.9 Å². The molecular formula is C9H20N2O3. The highest BCUT2D eigenvalue weighted by molar-refractivity contribution is 5.75. The Hall–Kier alpha value is -0.650. The fraction of sp³-hybridized carbons (Fsp3) is 0.889. The lowest BCUT2D eigenvalue weighted by Crippen LogP contribution is -2.34. The van der Waals surface area contributed by atoms with Crippen LogP contribution in [0.3, 0.4) is 0 Å². The predicted molar refractivity (Wildman–Crippen MR) is 53.7 cm³/mol. The topological polar surface area (TPSA) is 59.6 Å². The molecule has 0 heterocycles. The van der Waals surface area contributed by atoms with Gasteiger partial charge in [-0.05, 0) is 13.5 Å². The Morgan fingerprint density at radius 2 is 2.14 bits per heavy atom. The molecule has 1 atom stereocenters. The van der Waals surface area contributed by atoms with Gasteiger partial charge in [-0.3, -0.25) is 9.63 Å². The first kappa shape index (κ1) is 13.4. The molecule has 0 aliphatic rings. The fourth-order valence-electron chi connectivity index (χ4n) is 0.997. The normalized spacial score (nSPS) is 12.5. The van der Waals surface area contributed by atoms with Crippen molar-refractivity contribution in [1.82, 2.24) is 10.8 Å². The number of ether oxygens (including phenoxy) is 1. The first-order valence-corrected chi connectivity index (χ1v) is 4.83. The summed E-state index contributed by atoms with van der Waals surface area (Å²) in [6.45, 7) is 5.67. The van der Waals surface area contributed by atoms with Crippen molar-refractivity contribution in [3.8, 4) is 0 Å². The van der Waals surface area contributed by atoms with E-state index in [0.717, 1.165) is 6.54 Å². The Morgan fingerprint density at radius 3 is 2.71 bits per heavy atom. The molecule has 0 saturated carbocycles. The molecule has 0 aromatic heterocycles. The molecule has 0 saturated heterocycles. The summed E-state index contributed by atoms with van der Waals surface area (Å²) in [6.07, 6.45) is 0.417. The van der Waals surface area contributed by atoms with Crippen LogP contribution < -0.4 is 10.8 Å². The molecule has 0 spiro atoms. The Kier molecular flexibility index (Phi) is 8.51. The van der Waals surface area contributed by atoms with E-state index < -0.39 is 0 Å². The number of hydrogen-bond donors (Lipinski definition) is 2. The van der Waals surface area contributed by atoms with Crippen LogP contribution in [-0.4, -0.2) is 38.8 Å². The van der Waals surface area contributed by atoms with Crippen LogP contribution in [0.5, 0.6) is 0 Å². The highest BCUT2D eigenvalue weighted by atomic mass is 16.7. The Labute approximate surface area is 85.1 Å². The van der Waals surface area contributed by atoms with Crippen LogP contribution in [0.1, 0.15) is 20.3 Å². The van der Waals surface area contributed by atoms with Crippen molar-refractivity contribution in [3.63, 3.8) is 0 Å². The number of nitrogens with one attached hydrogen (secondary N) is 2. The van der Waals surface area contributed by atoms with Crippen LogP contribution in [0.2, 0.25) is 0 Å². The van der Waals surface area contributed by atoms with E-state index in [-0.39, 0.29) is 11.9 Å². The van der Waals surface area contributed by atoms with E-state index in [4.69, 9.17) is 9.57 Å². The van der Waals surface area contributed by atoms with Gasteiger partial charge >= 0.3 is 0 Å². The van der Waals surface area contributed by atoms with E-state index in [1.165, 1.54) is 0 Å². The fourth-order valence-corrected chi connectivity index (χ4v) is 0.997. The summed E-state index contributed by atoms with van der Waals surface area (Å²) in [5, 5.41) is 3.14. The summed E-state index contributed by atoms with van der Waals surface area (Å²) in [5.74, 6) is -0.116. The van der Waals surface area contributed by atoms with Gasteiger partial charge in [0.1, 0.15) is 0 Å². The third-order valence-electron chi connectivity index (χ3n) is 1.62. The highest BCUT2D eigenvalue weighted by Crippen LogP contribution is 1.89. The molecule has 0 bridgehead atoms. The summed E-state index contributed by atoms with van der Waals surface area (Å²) in [5.41, 5.74) is 2.35. The van der Waals surface area contributed by atoms with E-state index >= 15 is 0 Å². The van der Waals surface area contributed by atoms with Gasteiger partial charge in [0.15, 0.2) is 0 Å². The van der Waals surface area contributed by atoms with Crippen molar-refractivity contribution in [2.45, 2.75) is 26.3 Å². The summed E-state index contributed by atoms with van der Waals surface area (Å²) in [7, 11) is 1.58. The molecule has 1 unspecified atom stereocenters. The van der Waals surface area contributed by atoms with Gasteiger partial charge in [0.2, 0.25) is 5.91 Å². The second kappa shape index (κ2) is 8.93. The number of carbonyl (C=O) groups excluding carboxylic acids is 1. The lowest BCUT2D eigenvalue weighted by molar-refractivity contribution is -0.135. The van der Waals surface area contributed by atoms with Crippen LogP contribution in [0, 0.1) is 0 Å². The molecule has 1 amide bonds. The molecule has 5 nitrogen and oxygen atoms in total. The monoisotopic (exact) mass is 204 g/mol. The minimum Gasteiger partial charge on any atom is -0.382 e. The summed E-state index contributed by atoms with van der Waals surface area (Å²) in [6, 6.07) is 0.172. The van der Waals surface area contributed by atoms with E-state index in [2.05, 4.69) is 10.8 Å². The number of hydrogen-bond acceptors (Lipinski definition) is 4. The quantitative estimate of drug-likeness (QED) is 0.434. The molecule has 0 aliphatic carbocycles. The van der Waals surface area contributed by atoms with Crippen molar-refractivity contribution >= 4 is 5.91 Å². The average molecular weight is 204 g/mol. The molecule has 5 heteroatoms. The van der Waals surface area contributed by atoms with E-state index in [9.17, 15) is 4.79 Å². The number of rotatable bonds is 8. The van der Waals surface area contributed by atoms with Crippen molar-refractivity contribution in [1.29, 1.82) is 0 Å². The summed E-state index contributed by atoms with van der Waals surface area (Å²) >= 11 is 0. The third-order valence-corrected chi connectivity index (χ3v) is 1.62. The highest BCUT2D eigenvalue weighted by Gasteiger charge is 2.06. The zero-order valence-electron chi connectivity index (χ0n) is 9.13. The second-order valence-electron chi connectivity index (χ2n) is 3.03. The van der Waals surface area contributed by atoms with Crippen LogP contribution in [0.4, 0.5) is 0 Å². The summed E-state index contributed by atoms with van der Waals surface area (Å²) in [4.78, 5) is 16.0. The van der Waals surface area contributed by atoms with Crippen LogP contribution >= 0.6 is 0 Å². The van der Waals surface area contributed by atoms with Gasteiger partial charge < -0.3 is 10.1 Å². The Morgan fingerprint density at radius 1 is 1.43 bits per heavy atom. The molecule has 2 N–H and O–H groups in total. The SMILES string of the molecule is CCNC(C)CC(=O)NOCCOC. The standard InChI is InChI=1S/C9H20N2O3/c1-4-10-8(2)7-9(12)11-14-6-5-13-3/h8,10H,4-7H2,1-3H3,(H,11,12). The van der Waals surface area contributed by atoms with E-state index in [0.29, 0.717) is 19.6 Å². The average Bonchev–Trinajstić information content (AvgIpc) is 2.13. The zero-order chi connectivity index (χ0) is 10.8. The summed E-state index contributed by atoms with van der Waals surface area (Å²) < 4.78 is 4.75. The minimum absolute atomic E-state index is 0.116. The zero-order valence-corrected chi connectivity index (χ0v) is 9.13. The van der Waals surface area contributed by atoms with E-state index in [1.807, 2.05) is 13.8 Å². The Balaban J connectivity index is 3.35. The maximum Gasteiger partial charge on any atom is 0.245 e. The third kappa shape index (κ3) is 7.97. The van der Waals surface area contributed by atoms with Crippen LogP contribution in [0.25, 0.3) is 0 Å². The molecular weight excluding hydrogens is 184 g/mol. The lowest BCUT2D eigenvalue weighted by Gasteiger charge is -2.11. The van der Waals surface area contributed by atoms with Gasteiger partial charge in [0.25, 0.3) is 0 Å². The smallest absolute Gasteiger partial charge is 0.245 e. The van der Waals surface area contributed by atoms with Gasteiger partial charge in [-0.25, -0.2) is 5.48 Å². The molecule has 14 heavy (non-hydrogen) atoms. The van der Waals surface area contributed by atoms with Crippen LogP contribution in [0.15, 0.2) is 0 Å². The molecule has 84 valence electrons. The minimum atomic E-state index is -0.116. The van der Waals surface area contributed by atoms with Crippen molar-refractivity contribution in [3.05, 3.63) is 0 Å². The Bertz CT molecular complexity index is 153. The molecule has 0 rings (SSSR count). The van der Waals surface area contributed by atoms with Crippen LogP contribution in [-0.2, 0) is 14.4 Å². The molecule has 0 fully saturated rings. The first-order valence-electron chi connectivity index (χ1n) is 4.83. The van der Waals surface area contributed by atoms with Crippen molar-refractivity contribution < 1.29 is 14.4 Å². The van der Waals surface area contributed by atoms with Gasteiger partial charge in [0.05, 0.1) is 13.2 Å². The number of methoxy groups -OCH3 is 1. The van der Waals surface area contributed by atoms with Gasteiger partial charge in [-0.15, -0.1) is 0 Å². The number of hydroxylamine groups is 1. The molecule has 0 radical (unpaired) electrons. The lowest BCUT2D eigenvalue weighted by atomic mass is 10.2. The van der Waals surface area contributed by atoms with Crippen molar-refractivity contribution in [2.24, 2.45) is 0 Å². The van der Waals surface area contributed by atoms with Gasteiger partial charge in [-0.1, -0.05) is 6.92 Å². The van der Waals surface area contributed by atoms with E-state index in [1.54, 1.807) is 7.11 Å². The maximum absolute atomic E-state index is 11.2. The molecule has 0 aliphatic heterocycles. The van der Waals surface area contributed by atoms with Gasteiger partial charge in [-0.2, -0.15) is 0 Å². The van der Waals surface area contributed by atoms with Gasteiger partial charge in [0, 0.05) is 19.6 Å². The largest absolute Gasteiger partial charge is 0.382 e. The molecule has 0 aromatic rings. The number of amides is 1. The second-order valence-corrected chi connectivity index (χ2v) is 3.03. The predicted octanol–water partition coefficient (Wildman–Crippen LogP) is 0.0687. The number of carbonyl (C=O) groups is 1. The maximum atomic E-state index is 11.2.